The van der Waals surface area contributed by atoms with Crippen LogP contribution in [0.1, 0.15) is 28.6 Å². The zero-order chi connectivity index (χ0) is 20.5. The lowest BCUT2D eigenvalue weighted by Gasteiger charge is -2.15. The molecule has 0 unspecified atom stereocenters. The fourth-order valence-electron chi connectivity index (χ4n) is 2.81. The summed E-state index contributed by atoms with van der Waals surface area (Å²) in [6, 6.07) is 18.4. The highest BCUT2D eigenvalue weighted by Crippen LogP contribution is 2.49. The minimum absolute atomic E-state index is 0.129. The molecule has 0 radical (unpaired) electrons. The molecule has 4 N–H and O–H groups in total. The molecule has 0 saturated heterocycles. The predicted molar refractivity (Wildman–Crippen MR) is 109 cm³/mol. The molecule has 0 fully saturated rings. The van der Waals surface area contributed by atoms with Gasteiger partial charge in [-0.3, -0.25) is 4.57 Å². The molecular weight excluding hydrogens is 422 g/mol. The minimum Gasteiger partial charge on any atom is -0.384 e. The molecule has 0 aromatic heterocycles. The van der Waals surface area contributed by atoms with Crippen molar-refractivity contribution in [2.24, 2.45) is 0 Å². The molecule has 3 aromatic rings. The van der Waals surface area contributed by atoms with Gasteiger partial charge in [-0.05, 0) is 46.0 Å². The van der Waals surface area contributed by atoms with E-state index in [1.54, 1.807) is 42.5 Å². The van der Waals surface area contributed by atoms with Crippen LogP contribution in [0, 0.1) is 0 Å². The van der Waals surface area contributed by atoms with Crippen molar-refractivity contribution in [3.05, 3.63) is 93.5 Å². The summed E-state index contributed by atoms with van der Waals surface area (Å²) in [7, 11) is -4.63. The fraction of sp³-hybridized carbons (Fsp3) is 0.100. The Morgan fingerprint density at radius 1 is 0.714 bits per heavy atom. The zero-order valence-corrected chi connectivity index (χ0v) is 16.8. The number of hydrogen-bond donors (Lipinski definition) is 4. The Hall–Kier alpha value is -1.69. The van der Waals surface area contributed by atoms with E-state index in [0.29, 0.717) is 21.2 Å². The van der Waals surface area contributed by atoms with Crippen molar-refractivity contribution in [3.8, 4) is 11.1 Å². The summed E-state index contributed by atoms with van der Waals surface area (Å²) in [5.41, 5.74) is 2.95. The maximum atomic E-state index is 11.2. The van der Waals surface area contributed by atoms with E-state index in [1.165, 1.54) is 12.1 Å². The van der Waals surface area contributed by atoms with Crippen LogP contribution in [-0.2, 0) is 4.57 Å². The third-order valence-electron chi connectivity index (χ3n) is 4.32. The van der Waals surface area contributed by atoms with Crippen LogP contribution in [0.5, 0.6) is 0 Å². The van der Waals surface area contributed by atoms with Crippen molar-refractivity contribution in [2.45, 2.75) is 11.9 Å². The van der Waals surface area contributed by atoms with Crippen LogP contribution in [0.4, 0.5) is 0 Å². The molecule has 146 valence electrons. The number of rotatable bonds is 5. The van der Waals surface area contributed by atoms with Gasteiger partial charge in [0.25, 0.3) is 0 Å². The van der Waals surface area contributed by atoms with Crippen LogP contribution in [0.2, 0.25) is 10.0 Å². The van der Waals surface area contributed by atoms with Gasteiger partial charge < -0.3 is 20.0 Å². The molecule has 2 atom stereocenters. The summed E-state index contributed by atoms with van der Waals surface area (Å²) in [6.07, 6.45) is -0.898. The Bertz CT molecular complexity index is 1030. The molecule has 0 aliphatic heterocycles. The van der Waals surface area contributed by atoms with Gasteiger partial charge in [0, 0.05) is 0 Å². The van der Waals surface area contributed by atoms with E-state index >= 15 is 0 Å². The SMILES string of the molecule is O=P(O)(O)[C@@H](O)c1ccc(-c2cccc([C@H](O)c3ccc(Cl)c(Cl)c3)c2)cc1. The van der Waals surface area contributed by atoms with Crippen molar-refractivity contribution in [2.75, 3.05) is 0 Å². The zero-order valence-electron chi connectivity index (χ0n) is 14.4. The summed E-state index contributed by atoms with van der Waals surface area (Å²) in [4.78, 5) is 18.2. The van der Waals surface area contributed by atoms with Crippen LogP contribution in [-0.4, -0.2) is 20.0 Å². The van der Waals surface area contributed by atoms with E-state index in [4.69, 9.17) is 33.0 Å². The van der Waals surface area contributed by atoms with Crippen molar-refractivity contribution in [1.82, 2.24) is 0 Å². The molecule has 3 aromatic carbocycles. The summed E-state index contributed by atoms with van der Waals surface area (Å²) >= 11 is 11.9. The maximum absolute atomic E-state index is 11.2. The maximum Gasteiger partial charge on any atom is 0.358 e. The number of hydrogen-bond acceptors (Lipinski definition) is 3. The van der Waals surface area contributed by atoms with E-state index < -0.39 is 19.5 Å². The lowest BCUT2D eigenvalue weighted by atomic mass is 9.96. The van der Waals surface area contributed by atoms with E-state index in [1.807, 2.05) is 12.1 Å². The van der Waals surface area contributed by atoms with Crippen LogP contribution in [0.15, 0.2) is 66.7 Å². The first-order valence-electron chi connectivity index (χ1n) is 8.23. The van der Waals surface area contributed by atoms with Crippen LogP contribution in [0.25, 0.3) is 11.1 Å². The van der Waals surface area contributed by atoms with Gasteiger partial charge in [-0.25, -0.2) is 0 Å². The third kappa shape index (κ3) is 4.65. The Morgan fingerprint density at radius 2 is 1.32 bits per heavy atom. The first-order chi connectivity index (χ1) is 13.2. The largest absolute Gasteiger partial charge is 0.384 e. The van der Waals surface area contributed by atoms with Gasteiger partial charge in [0.2, 0.25) is 0 Å². The minimum atomic E-state index is -4.63. The van der Waals surface area contributed by atoms with E-state index in [9.17, 15) is 14.8 Å². The second kappa shape index (κ2) is 8.36. The average molecular weight is 439 g/mol. The smallest absolute Gasteiger partial charge is 0.358 e. The lowest BCUT2D eigenvalue weighted by molar-refractivity contribution is 0.205. The number of aliphatic hydroxyl groups is 2. The van der Waals surface area contributed by atoms with Gasteiger partial charge >= 0.3 is 7.60 Å². The van der Waals surface area contributed by atoms with Crippen LogP contribution < -0.4 is 0 Å². The second-order valence-corrected chi connectivity index (χ2v) is 8.77. The fourth-order valence-corrected chi connectivity index (χ4v) is 3.67. The molecule has 0 aliphatic rings. The van der Waals surface area contributed by atoms with E-state index in [0.717, 1.165) is 11.1 Å². The second-order valence-electron chi connectivity index (χ2n) is 6.29. The molecule has 0 bridgehead atoms. The topological polar surface area (TPSA) is 98.0 Å². The molecule has 0 aliphatic carbocycles. The first-order valence-corrected chi connectivity index (χ1v) is 10.7. The predicted octanol–water partition coefficient (Wildman–Crippen LogP) is 4.91. The van der Waals surface area contributed by atoms with Crippen molar-refractivity contribution in [3.63, 3.8) is 0 Å². The normalized spacial score (nSPS) is 13.9. The summed E-state index contributed by atoms with van der Waals surface area (Å²) in [5.74, 6) is -1.86. The van der Waals surface area contributed by atoms with E-state index in [-0.39, 0.29) is 5.56 Å². The highest BCUT2D eigenvalue weighted by Gasteiger charge is 2.27. The van der Waals surface area contributed by atoms with Gasteiger partial charge in [0.15, 0.2) is 5.85 Å². The van der Waals surface area contributed by atoms with Crippen molar-refractivity contribution in [1.29, 1.82) is 0 Å². The molecule has 5 nitrogen and oxygen atoms in total. The van der Waals surface area contributed by atoms with Crippen LogP contribution >= 0.6 is 30.8 Å². The quantitative estimate of drug-likeness (QED) is 0.424. The number of aliphatic hydroxyl groups excluding tert-OH is 2. The first kappa shape index (κ1) is 21.0. The standard InChI is InChI=1S/C20H17Cl2O5P/c21-17-9-8-16(11-18(17)22)19(23)15-3-1-2-14(10-15)12-4-6-13(7-5-12)20(24)28(25,26)27/h1-11,19-20,23-24H,(H2,25,26,27)/t19-,20+/m0/s1. The molecule has 0 amide bonds. The van der Waals surface area contributed by atoms with Gasteiger partial charge in [0.1, 0.15) is 6.10 Å². The monoisotopic (exact) mass is 438 g/mol. The van der Waals surface area contributed by atoms with Crippen LogP contribution in [0.3, 0.4) is 0 Å². The molecule has 0 saturated carbocycles. The number of halogens is 2. The third-order valence-corrected chi connectivity index (χ3v) is 6.00. The van der Waals surface area contributed by atoms with Gasteiger partial charge in [-0.15, -0.1) is 0 Å². The summed E-state index contributed by atoms with van der Waals surface area (Å²) in [5, 5.41) is 21.1. The molecule has 8 heteroatoms. The molecular formula is C20H17Cl2O5P. The highest BCUT2D eigenvalue weighted by atomic mass is 35.5. The Morgan fingerprint density at radius 3 is 1.93 bits per heavy atom. The molecule has 0 heterocycles. The lowest BCUT2D eigenvalue weighted by Crippen LogP contribution is -2.00. The van der Waals surface area contributed by atoms with Gasteiger partial charge in [-0.1, -0.05) is 71.7 Å². The Kier molecular flexibility index (Phi) is 6.28. The molecule has 28 heavy (non-hydrogen) atoms. The van der Waals surface area contributed by atoms with E-state index in [2.05, 4.69) is 0 Å². The van der Waals surface area contributed by atoms with Crippen molar-refractivity contribution < 1.29 is 24.6 Å². The Balaban J connectivity index is 1.89. The van der Waals surface area contributed by atoms with Gasteiger partial charge in [-0.2, -0.15) is 0 Å². The average Bonchev–Trinajstić information content (AvgIpc) is 2.68. The van der Waals surface area contributed by atoms with Crippen molar-refractivity contribution >= 4 is 30.8 Å². The summed E-state index contributed by atoms with van der Waals surface area (Å²) < 4.78 is 11.2. The van der Waals surface area contributed by atoms with Gasteiger partial charge in [0.05, 0.1) is 10.0 Å². The molecule has 3 rings (SSSR count). The highest BCUT2D eigenvalue weighted by molar-refractivity contribution is 7.51. The Labute approximate surface area is 172 Å². The number of benzene rings is 3. The molecule has 0 spiro atoms. The summed E-state index contributed by atoms with van der Waals surface area (Å²) in [6.45, 7) is 0.